The van der Waals surface area contributed by atoms with Gasteiger partial charge in [-0.05, 0) is 31.4 Å². The fourth-order valence-electron chi connectivity index (χ4n) is 1.82. The van der Waals surface area contributed by atoms with Gasteiger partial charge in [-0.15, -0.1) is 0 Å². The van der Waals surface area contributed by atoms with E-state index in [1.165, 1.54) is 0 Å². The minimum atomic E-state index is 0.105. The molecule has 0 saturated carbocycles. The molecule has 2 nitrogen and oxygen atoms in total. The lowest BCUT2D eigenvalue weighted by Gasteiger charge is -2.26. The third-order valence-electron chi connectivity index (χ3n) is 2.81. The predicted octanol–water partition coefficient (Wildman–Crippen LogP) is 3.19. The third kappa shape index (κ3) is 3.37. The molecule has 1 atom stereocenters. The number of rotatable bonds is 4. The standard InChI is InChI=1S/C14H21NO/c1-11(2)10-12(3)15(4)14(16)13-8-6-5-7-9-13/h5-9,11-12H,10H2,1-4H3. The molecule has 0 aliphatic carbocycles. The Labute approximate surface area is 98.3 Å². The first-order valence-electron chi connectivity index (χ1n) is 5.84. The summed E-state index contributed by atoms with van der Waals surface area (Å²) in [5, 5.41) is 0. The molecule has 0 N–H and O–H groups in total. The number of nitrogens with zero attached hydrogens (tertiary/aromatic N) is 1. The van der Waals surface area contributed by atoms with Crippen LogP contribution in [0.15, 0.2) is 30.3 Å². The Balaban J connectivity index is 2.67. The van der Waals surface area contributed by atoms with Gasteiger partial charge in [0.15, 0.2) is 0 Å². The largest absolute Gasteiger partial charge is 0.339 e. The normalized spacial score (nSPS) is 12.6. The van der Waals surface area contributed by atoms with Crippen LogP contribution in [0, 0.1) is 5.92 Å². The van der Waals surface area contributed by atoms with Crippen LogP contribution in [0.25, 0.3) is 0 Å². The van der Waals surface area contributed by atoms with Crippen molar-refractivity contribution >= 4 is 5.91 Å². The number of hydrogen-bond acceptors (Lipinski definition) is 1. The molecule has 0 aliphatic heterocycles. The molecule has 0 aliphatic rings. The smallest absolute Gasteiger partial charge is 0.253 e. The molecule has 0 heterocycles. The summed E-state index contributed by atoms with van der Waals surface area (Å²) >= 11 is 0. The van der Waals surface area contributed by atoms with Crippen LogP contribution in [0.3, 0.4) is 0 Å². The minimum Gasteiger partial charge on any atom is -0.339 e. The van der Waals surface area contributed by atoms with E-state index in [0.717, 1.165) is 12.0 Å². The van der Waals surface area contributed by atoms with Gasteiger partial charge in [0.05, 0.1) is 0 Å². The van der Waals surface area contributed by atoms with E-state index in [-0.39, 0.29) is 11.9 Å². The van der Waals surface area contributed by atoms with Gasteiger partial charge in [-0.3, -0.25) is 4.79 Å². The van der Waals surface area contributed by atoms with Crippen molar-refractivity contribution in [2.45, 2.75) is 33.2 Å². The topological polar surface area (TPSA) is 20.3 Å². The van der Waals surface area contributed by atoms with Crippen molar-refractivity contribution in [3.63, 3.8) is 0 Å². The van der Waals surface area contributed by atoms with E-state index in [1.807, 2.05) is 42.3 Å². The molecule has 1 aromatic rings. The van der Waals surface area contributed by atoms with Crippen LogP contribution in [0.4, 0.5) is 0 Å². The first kappa shape index (κ1) is 12.8. The van der Waals surface area contributed by atoms with Crippen LogP contribution in [0.2, 0.25) is 0 Å². The Bertz CT molecular complexity index is 332. The molecule has 0 bridgehead atoms. The van der Waals surface area contributed by atoms with E-state index in [1.54, 1.807) is 0 Å². The van der Waals surface area contributed by atoms with Gasteiger partial charge in [-0.25, -0.2) is 0 Å². The highest BCUT2D eigenvalue weighted by molar-refractivity contribution is 5.94. The average Bonchev–Trinajstić information content (AvgIpc) is 2.27. The molecule has 0 aromatic heterocycles. The Kier molecular flexibility index (Phi) is 4.53. The summed E-state index contributed by atoms with van der Waals surface area (Å²) in [5.74, 6) is 0.717. The van der Waals surface area contributed by atoms with Gasteiger partial charge in [-0.2, -0.15) is 0 Å². The summed E-state index contributed by atoms with van der Waals surface area (Å²) in [5.41, 5.74) is 0.764. The van der Waals surface area contributed by atoms with Crippen LogP contribution in [0.5, 0.6) is 0 Å². The van der Waals surface area contributed by atoms with E-state index in [9.17, 15) is 4.79 Å². The molecule has 1 amide bonds. The van der Waals surface area contributed by atoms with E-state index >= 15 is 0 Å². The van der Waals surface area contributed by atoms with E-state index in [4.69, 9.17) is 0 Å². The predicted molar refractivity (Wildman–Crippen MR) is 67.5 cm³/mol. The first-order valence-corrected chi connectivity index (χ1v) is 5.84. The molecule has 2 heteroatoms. The van der Waals surface area contributed by atoms with Crippen molar-refractivity contribution in [1.29, 1.82) is 0 Å². The lowest BCUT2D eigenvalue weighted by Crippen LogP contribution is -2.35. The zero-order chi connectivity index (χ0) is 12.1. The quantitative estimate of drug-likeness (QED) is 0.761. The molecule has 88 valence electrons. The molecule has 0 fully saturated rings. The third-order valence-corrected chi connectivity index (χ3v) is 2.81. The summed E-state index contributed by atoms with van der Waals surface area (Å²) < 4.78 is 0. The maximum absolute atomic E-state index is 12.1. The number of benzene rings is 1. The first-order chi connectivity index (χ1) is 7.52. The Morgan fingerprint density at radius 2 is 1.75 bits per heavy atom. The van der Waals surface area contributed by atoms with E-state index < -0.39 is 0 Å². The second kappa shape index (κ2) is 5.69. The fraction of sp³-hybridized carbons (Fsp3) is 0.500. The summed E-state index contributed by atoms with van der Waals surface area (Å²) in [6.07, 6.45) is 1.04. The van der Waals surface area contributed by atoms with Gasteiger partial charge in [0.25, 0.3) is 5.91 Å². The number of carbonyl (C=O) groups is 1. The van der Waals surface area contributed by atoms with Gasteiger partial charge < -0.3 is 4.90 Å². The molecular formula is C14H21NO. The van der Waals surface area contributed by atoms with Crippen molar-refractivity contribution in [3.05, 3.63) is 35.9 Å². The van der Waals surface area contributed by atoms with Crippen molar-refractivity contribution in [2.24, 2.45) is 5.92 Å². The lowest BCUT2D eigenvalue weighted by atomic mass is 10.0. The summed E-state index contributed by atoms with van der Waals surface area (Å²) in [6.45, 7) is 6.45. The number of amides is 1. The Morgan fingerprint density at radius 3 is 2.25 bits per heavy atom. The molecule has 1 unspecified atom stereocenters. The van der Waals surface area contributed by atoms with Crippen LogP contribution >= 0.6 is 0 Å². The van der Waals surface area contributed by atoms with Crippen molar-refractivity contribution in [1.82, 2.24) is 4.90 Å². The van der Waals surface area contributed by atoms with E-state index in [2.05, 4.69) is 20.8 Å². The number of carbonyl (C=O) groups excluding carboxylic acids is 1. The lowest BCUT2D eigenvalue weighted by molar-refractivity contribution is 0.0728. The molecule has 1 rings (SSSR count). The van der Waals surface area contributed by atoms with Crippen molar-refractivity contribution < 1.29 is 4.79 Å². The van der Waals surface area contributed by atoms with Gasteiger partial charge in [0.2, 0.25) is 0 Å². The minimum absolute atomic E-state index is 0.105. The second-order valence-electron chi connectivity index (χ2n) is 4.76. The van der Waals surface area contributed by atoms with Crippen molar-refractivity contribution in [3.8, 4) is 0 Å². The maximum Gasteiger partial charge on any atom is 0.253 e. The van der Waals surface area contributed by atoms with Gasteiger partial charge >= 0.3 is 0 Å². The second-order valence-corrected chi connectivity index (χ2v) is 4.76. The molecule has 1 aromatic carbocycles. The summed E-state index contributed by atoms with van der Waals surface area (Å²) in [4.78, 5) is 13.9. The Hall–Kier alpha value is -1.31. The molecule has 0 saturated heterocycles. The van der Waals surface area contributed by atoms with Crippen LogP contribution in [0.1, 0.15) is 37.6 Å². The van der Waals surface area contributed by atoms with E-state index in [0.29, 0.717) is 5.92 Å². The van der Waals surface area contributed by atoms with Gasteiger partial charge in [-0.1, -0.05) is 32.0 Å². The SMILES string of the molecule is CC(C)CC(C)N(C)C(=O)c1ccccc1. The average molecular weight is 219 g/mol. The van der Waals surface area contributed by atoms with Crippen molar-refractivity contribution in [2.75, 3.05) is 7.05 Å². The maximum atomic E-state index is 12.1. The zero-order valence-corrected chi connectivity index (χ0v) is 10.6. The molecule has 0 spiro atoms. The van der Waals surface area contributed by atoms with Gasteiger partial charge in [0.1, 0.15) is 0 Å². The summed E-state index contributed by atoms with van der Waals surface area (Å²) in [7, 11) is 1.88. The fourth-order valence-corrected chi connectivity index (χ4v) is 1.82. The Morgan fingerprint density at radius 1 is 1.19 bits per heavy atom. The zero-order valence-electron chi connectivity index (χ0n) is 10.6. The van der Waals surface area contributed by atoms with Crippen LogP contribution in [-0.2, 0) is 0 Å². The highest BCUT2D eigenvalue weighted by Gasteiger charge is 2.17. The molecule has 0 radical (unpaired) electrons. The molecule has 16 heavy (non-hydrogen) atoms. The van der Waals surface area contributed by atoms with Crippen LogP contribution in [-0.4, -0.2) is 23.9 Å². The highest BCUT2D eigenvalue weighted by Crippen LogP contribution is 2.12. The van der Waals surface area contributed by atoms with Crippen LogP contribution < -0.4 is 0 Å². The number of hydrogen-bond donors (Lipinski definition) is 0. The monoisotopic (exact) mass is 219 g/mol. The summed E-state index contributed by atoms with van der Waals surface area (Å²) in [6, 6.07) is 9.73. The highest BCUT2D eigenvalue weighted by atomic mass is 16.2. The molecular weight excluding hydrogens is 198 g/mol. The van der Waals surface area contributed by atoms with Gasteiger partial charge in [0, 0.05) is 18.7 Å².